The number of H-pyrrole nitrogens is 1. The molecular formula is C25H27N3O4. The van der Waals surface area contributed by atoms with Gasteiger partial charge >= 0.3 is 0 Å². The second-order valence-electron chi connectivity index (χ2n) is 8.35. The number of morpholine rings is 1. The molecule has 2 aliphatic heterocycles. The minimum atomic E-state index is -0.557. The lowest BCUT2D eigenvalue weighted by Gasteiger charge is -2.37. The molecule has 3 heterocycles. The van der Waals surface area contributed by atoms with E-state index in [9.17, 15) is 9.59 Å². The normalized spacial score (nSPS) is 20.8. The largest absolute Gasteiger partial charge is 0.479 e. The number of rotatable bonds is 5. The number of aromatic amines is 1. The zero-order valence-electron chi connectivity index (χ0n) is 18.1. The molecule has 7 nitrogen and oxygen atoms in total. The maximum atomic E-state index is 13.2. The summed E-state index contributed by atoms with van der Waals surface area (Å²) < 4.78 is 11.4. The fraction of sp³-hybridized carbons (Fsp3) is 0.360. The average molecular weight is 434 g/mol. The summed E-state index contributed by atoms with van der Waals surface area (Å²) in [5.41, 5.74) is 3.00. The van der Waals surface area contributed by atoms with E-state index < -0.39 is 6.10 Å². The van der Waals surface area contributed by atoms with E-state index in [1.54, 1.807) is 11.8 Å². The highest BCUT2D eigenvalue weighted by Gasteiger charge is 2.33. The van der Waals surface area contributed by atoms with E-state index in [1.807, 2.05) is 47.5 Å². The van der Waals surface area contributed by atoms with Gasteiger partial charge in [-0.3, -0.25) is 9.59 Å². The summed E-state index contributed by atoms with van der Waals surface area (Å²) in [6.07, 6.45) is 2.45. The third kappa shape index (κ3) is 3.84. The lowest BCUT2D eigenvalue weighted by atomic mass is 10.0. The summed E-state index contributed by atoms with van der Waals surface area (Å²) in [5.74, 6) is 0.604. The molecule has 32 heavy (non-hydrogen) atoms. The molecule has 2 aliphatic rings. The molecule has 0 bridgehead atoms. The molecule has 1 N–H and O–H groups in total. The van der Waals surface area contributed by atoms with Gasteiger partial charge in [0.05, 0.1) is 24.9 Å². The second kappa shape index (κ2) is 8.67. The monoisotopic (exact) mass is 433 g/mol. The van der Waals surface area contributed by atoms with Crippen LogP contribution in [0.3, 0.4) is 0 Å². The number of ether oxygens (including phenoxy) is 2. The molecule has 0 spiro atoms. The van der Waals surface area contributed by atoms with Gasteiger partial charge in [-0.25, -0.2) is 0 Å². The average Bonchev–Trinajstić information content (AvgIpc) is 3.22. The summed E-state index contributed by atoms with van der Waals surface area (Å²) in [7, 11) is 0. The van der Waals surface area contributed by atoms with E-state index in [1.165, 1.54) is 10.9 Å². The van der Waals surface area contributed by atoms with Crippen molar-refractivity contribution in [3.8, 4) is 5.75 Å². The van der Waals surface area contributed by atoms with Crippen molar-refractivity contribution in [2.75, 3.05) is 31.2 Å². The maximum Gasteiger partial charge on any atom is 0.267 e. The molecular weight excluding hydrogens is 406 g/mol. The fourth-order valence-corrected chi connectivity index (χ4v) is 4.65. The smallest absolute Gasteiger partial charge is 0.267 e. The van der Waals surface area contributed by atoms with E-state index in [4.69, 9.17) is 9.47 Å². The number of anilines is 1. The third-order valence-electron chi connectivity index (χ3n) is 6.30. The Hall–Kier alpha value is -3.32. The van der Waals surface area contributed by atoms with Crippen LogP contribution in [0.15, 0.2) is 54.7 Å². The summed E-state index contributed by atoms with van der Waals surface area (Å²) in [4.78, 5) is 32.9. The number of carbonyl (C=O) groups excluding carboxylic acids is 2. The van der Waals surface area contributed by atoms with E-state index in [0.29, 0.717) is 32.1 Å². The van der Waals surface area contributed by atoms with Crippen LogP contribution >= 0.6 is 0 Å². The molecule has 2 aromatic carbocycles. The first-order valence-electron chi connectivity index (χ1n) is 11.1. The highest BCUT2D eigenvalue weighted by atomic mass is 16.5. The fourth-order valence-electron chi connectivity index (χ4n) is 4.65. The number of aromatic nitrogens is 1. The van der Waals surface area contributed by atoms with Gasteiger partial charge in [-0.15, -0.1) is 0 Å². The minimum absolute atomic E-state index is 0.0259. The Balaban J connectivity index is 1.29. The van der Waals surface area contributed by atoms with Gasteiger partial charge in [0.1, 0.15) is 5.75 Å². The number of fused-ring (bicyclic) bond motifs is 2. The van der Waals surface area contributed by atoms with E-state index in [0.717, 1.165) is 17.6 Å². The standard InChI is InChI=1S/C25H27N3O4/c1-17-25(30)28(22-8-4-5-9-23(22)32-17)11-10-24(29)27-12-13-31-16-19(27)14-18-15-26-21-7-3-2-6-20(18)21/h2-9,15,17,19,26H,10-14,16H2,1H3. The van der Waals surface area contributed by atoms with Crippen LogP contribution in [0.1, 0.15) is 18.9 Å². The second-order valence-corrected chi connectivity index (χ2v) is 8.35. The van der Waals surface area contributed by atoms with E-state index >= 15 is 0 Å². The SMILES string of the molecule is CC1Oc2ccccc2N(CCC(=O)N2CCOCC2Cc2c[nH]c3ccccc23)C1=O. The molecule has 166 valence electrons. The maximum absolute atomic E-state index is 13.2. The number of hydrogen-bond donors (Lipinski definition) is 1. The first kappa shape index (κ1) is 20.6. The topological polar surface area (TPSA) is 74.9 Å². The number of nitrogens with zero attached hydrogens (tertiary/aromatic N) is 2. The first-order chi connectivity index (χ1) is 15.6. The molecule has 0 aliphatic carbocycles. The molecule has 1 saturated heterocycles. The Bertz CT molecular complexity index is 1140. The van der Waals surface area contributed by atoms with Crippen LogP contribution in [-0.4, -0.2) is 60.1 Å². The molecule has 3 aromatic rings. The van der Waals surface area contributed by atoms with Crippen molar-refractivity contribution in [2.45, 2.75) is 31.9 Å². The molecule has 0 saturated carbocycles. The number of para-hydroxylation sites is 3. The predicted molar refractivity (Wildman–Crippen MR) is 122 cm³/mol. The van der Waals surface area contributed by atoms with Crippen LogP contribution in [0.4, 0.5) is 5.69 Å². The van der Waals surface area contributed by atoms with Crippen molar-refractivity contribution in [1.29, 1.82) is 0 Å². The number of nitrogens with one attached hydrogen (secondary N) is 1. The van der Waals surface area contributed by atoms with Gasteiger partial charge in [-0.2, -0.15) is 0 Å². The van der Waals surface area contributed by atoms with Crippen LogP contribution in [0.2, 0.25) is 0 Å². The van der Waals surface area contributed by atoms with Crippen LogP contribution < -0.4 is 9.64 Å². The van der Waals surface area contributed by atoms with Crippen LogP contribution in [0, 0.1) is 0 Å². The van der Waals surface area contributed by atoms with Crippen LogP contribution in [-0.2, 0) is 20.7 Å². The number of benzene rings is 2. The lowest BCUT2D eigenvalue weighted by molar-refractivity contribution is -0.139. The Morgan fingerprint density at radius 1 is 1.16 bits per heavy atom. The predicted octanol–water partition coefficient (Wildman–Crippen LogP) is 3.14. The van der Waals surface area contributed by atoms with Crippen molar-refractivity contribution in [3.05, 3.63) is 60.3 Å². The molecule has 2 amide bonds. The Morgan fingerprint density at radius 2 is 1.97 bits per heavy atom. The molecule has 2 atom stereocenters. The molecule has 2 unspecified atom stereocenters. The van der Waals surface area contributed by atoms with Gasteiger partial charge in [0.15, 0.2) is 6.10 Å². The Labute approximate surface area is 186 Å². The van der Waals surface area contributed by atoms with Crippen molar-refractivity contribution in [3.63, 3.8) is 0 Å². The minimum Gasteiger partial charge on any atom is -0.479 e. The van der Waals surface area contributed by atoms with Gasteiger partial charge in [-0.1, -0.05) is 30.3 Å². The van der Waals surface area contributed by atoms with E-state index in [-0.39, 0.29) is 24.3 Å². The van der Waals surface area contributed by atoms with Crippen molar-refractivity contribution in [2.24, 2.45) is 0 Å². The van der Waals surface area contributed by atoms with Gasteiger partial charge in [0, 0.05) is 36.6 Å². The highest BCUT2D eigenvalue weighted by molar-refractivity contribution is 6.00. The van der Waals surface area contributed by atoms with Gasteiger partial charge in [0.2, 0.25) is 5.91 Å². The van der Waals surface area contributed by atoms with Crippen molar-refractivity contribution < 1.29 is 19.1 Å². The van der Waals surface area contributed by atoms with Crippen molar-refractivity contribution >= 4 is 28.4 Å². The molecule has 0 radical (unpaired) electrons. The number of carbonyl (C=O) groups is 2. The first-order valence-corrected chi connectivity index (χ1v) is 11.1. The summed E-state index contributed by atoms with van der Waals surface area (Å²) in [6.45, 7) is 3.69. The van der Waals surface area contributed by atoms with Crippen LogP contribution in [0.25, 0.3) is 10.9 Å². The molecule has 5 rings (SSSR count). The Kier molecular flexibility index (Phi) is 5.57. The summed E-state index contributed by atoms with van der Waals surface area (Å²) >= 11 is 0. The third-order valence-corrected chi connectivity index (χ3v) is 6.30. The molecule has 7 heteroatoms. The molecule has 1 fully saturated rings. The van der Waals surface area contributed by atoms with Gasteiger partial charge < -0.3 is 24.3 Å². The van der Waals surface area contributed by atoms with Gasteiger partial charge in [0.25, 0.3) is 5.91 Å². The quantitative estimate of drug-likeness (QED) is 0.671. The number of amides is 2. The summed E-state index contributed by atoms with van der Waals surface area (Å²) in [6, 6.07) is 15.6. The van der Waals surface area contributed by atoms with E-state index in [2.05, 4.69) is 17.1 Å². The molecule has 1 aromatic heterocycles. The number of hydrogen-bond acceptors (Lipinski definition) is 4. The zero-order valence-corrected chi connectivity index (χ0v) is 18.1. The van der Waals surface area contributed by atoms with Crippen molar-refractivity contribution in [1.82, 2.24) is 9.88 Å². The van der Waals surface area contributed by atoms with Crippen LogP contribution in [0.5, 0.6) is 5.75 Å². The van der Waals surface area contributed by atoms with Gasteiger partial charge in [-0.05, 0) is 37.1 Å². The summed E-state index contributed by atoms with van der Waals surface area (Å²) in [5, 5.41) is 1.18. The lowest BCUT2D eigenvalue weighted by Crippen LogP contribution is -2.51. The highest BCUT2D eigenvalue weighted by Crippen LogP contribution is 2.33. The zero-order chi connectivity index (χ0) is 22.1. The Morgan fingerprint density at radius 3 is 2.88 bits per heavy atom.